The van der Waals surface area contributed by atoms with Crippen molar-refractivity contribution in [2.24, 2.45) is 0 Å². The monoisotopic (exact) mass is 486 g/mol. The number of anilines is 1. The summed E-state index contributed by atoms with van der Waals surface area (Å²) in [6.45, 7) is 10.3. The highest BCUT2D eigenvalue weighted by atomic mass is 16.1. The number of aryl methyl sites for hydroxylation is 2. The average molecular weight is 487 g/mol. The number of benzene rings is 1. The molecule has 1 fully saturated rings. The van der Waals surface area contributed by atoms with Crippen LogP contribution < -0.4 is 15.8 Å². The number of hydrogen-bond donors (Lipinski definition) is 1. The largest absolute Gasteiger partial charge is 0.369 e. The zero-order chi connectivity index (χ0) is 25.1. The molecule has 1 aliphatic heterocycles. The quantitative estimate of drug-likeness (QED) is 0.415. The number of fused-ring (bicyclic) bond motifs is 3. The minimum absolute atomic E-state index is 0.0260. The van der Waals surface area contributed by atoms with Gasteiger partial charge in [0.2, 0.25) is 5.91 Å². The molecule has 8 heteroatoms. The second kappa shape index (κ2) is 10.5. The molecule has 1 N–H and O–H groups in total. The summed E-state index contributed by atoms with van der Waals surface area (Å²) in [4.78, 5) is 34.7. The van der Waals surface area contributed by atoms with E-state index in [0.29, 0.717) is 37.1 Å². The molecular formula is C28H34N6O2. The molecule has 4 aromatic rings. The van der Waals surface area contributed by atoms with Crippen molar-refractivity contribution >= 4 is 28.3 Å². The van der Waals surface area contributed by atoms with E-state index in [0.717, 1.165) is 38.2 Å². The van der Waals surface area contributed by atoms with Gasteiger partial charge in [-0.25, -0.2) is 4.98 Å². The van der Waals surface area contributed by atoms with Crippen LogP contribution in [0.5, 0.6) is 0 Å². The molecule has 188 valence electrons. The van der Waals surface area contributed by atoms with E-state index >= 15 is 0 Å². The van der Waals surface area contributed by atoms with Gasteiger partial charge in [-0.1, -0.05) is 12.1 Å². The van der Waals surface area contributed by atoms with Crippen LogP contribution in [0.2, 0.25) is 0 Å². The van der Waals surface area contributed by atoms with E-state index in [1.807, 2.05) is 34.9 Å². The lowest BCUT2D eigenvalue weighted by Crippen LogP contribution is -2.48. The molecule has 3 aromatic heterocycles. The third-order valence-electron chi connectivity index (χ3n) is 7.32. The van der Waals surface area contributed by atoms with Crippen molar-refractivity contribution in [2.75, 3.05) is 44.2 Å². The van der Waals surface area contributed by atoms with E-state index < -0.39 is 0 Å². The fraction of sp³-hybridized carbons (Fsp3) is 0.393. The van der Waals surface area contributed by atoms with Gasteiger partial charge in [0.15, 0.2) is 5.65 Å². The molecule has 36 heavy (non-hydrogen) atoms. The smallest absolute Gasteiger partial charge is 0.276 e. The lowest BCUT2D eigenvalue weighted by atomic mass is 10.1. The van der Waals surface area contributed by atoms with Crippen LogP contribution in [0, 0.1) is 13.8 Å². The van der Waals surface area contributed by atoms with Crippen LogP contribution in [-0.2, 0) is 11.3 Å². The van der Waals surface area contributed by atoms with Crippen molar-refractivity contribution in [3.05, 3.63) is 76.3 Å². The molecule has 5 rings (SSSR count). The molecule has 1 aliphatic rings. The van der Waals surface area contributed by atoms with Gasteiger partial charge in [0.25, 0.3) is 5.56 Å². The first-order valence-corrected chi connectivity index (χ1v) is 12.8. The first-order chi connectivity index (χ1) is 17.5. The Morgan fingerprint density at radius 1 is 0.972 bits per heavy atom. The van der Waals surface area contributed by atoms with Crippen LogP contribution in [-0.4, -0.2) is 64.0 Å². The molecule has 0 bridgehead atoms. The van der Waals surface area contributed by atoms with E-state index in [1.165, 1.54) is 16.8 Å². The number of carbonyl (C=O) groups is 1. The van der Waals surface area contributed by atoms with Crippen molar-refractivity contribution < 1.29 is 4.79 Å². The Labute approximate surface area is 211 Å². The first-order valence-electron chi connectivity index (χ1n) is 12.8. The van der Waals surface area contributed by atoms with Crippen molar-refractivity contribution in [3.8, 4) is 0 Å². The van der Waals surface area contributed by atoms with E-state index in [1.54, 1.807) is 10.8 Å². The van der Waals surface area contributed by atoms with E-state index in [2.05, 4.69) is 52.1 Å². The summed E-state index contributed by atoms with van der Waals surface area (Å²) < 4.78 is 3.56. The van der Waals surface area contributed by atoms with Gasteiger partial charge < -0.3 is 14.6 Å². The van der Waals surface area contributed by atoms with Crippen molar-refractivity contribution in [1.29, 1.82) is 0 Å². The van der Waals surface area contributed by atoms with Gasteiger partial charge in [0.05, 0.1) is 5.52 Å². The molecule has 0 unspecified atom stereocenters. The molecule has 4 heterocycles. The summed E-state index contributed by atoms with van der Waals surface area (Å²) in [5, 5.41) is 3.05. The third kappa shape index (κ3) is 4.86. The number of nitrogens with zero attached hydrogens (tertiary/aromatic N) is 5. The number of rotatable bonds is 8. The van der Waals surface area contributed by atoms with Crippen LogP contribution >= 0.6 is 0 Å². The molecule has 0 atom stereocenters. The standard InChI is InChI=1S/C28H34N6O2/c1-21-7-3-8-23(22(21)2)32-19-17-31(18-20-32)16-13-29-26(35)11-6-15-34-27-24(9-4-12-30-27)33-14-5-10-25(33)28(34)36/h3-5,7-10,12,14H,6,11,13,15-20H2,1-2H3,(H,29,35). The number of pyridine rings is 1. The molecule has 0 spiro atoms. The predicted molar refractivity (Wildman–Crippen MR) is 144 cm³/mol. The lowest BCUT2D eigenvalue weighted by Gasteiger charge is -2.37. The minimum Gasteiger partial charge on any atom is -0.369 e. The Hall–Kier alpha value is -3.65. The summed E-state index contributed by atoms with van der Waals surface area (Å²) in [5.41, 5.74) is 6.10. The fourth-order valence-electron chi connectivity index (χ4n) is 5.12. The van der Waals surface area contributed by atoms with Gasteiger partial charge in [-0.05, 0) is 61.7 Å². The van der Waals surface area contributed by atoms with Gasteiger partial charge in [0.1, 0.15) is 5.52 Å². The maximum atomic E-state index is 13.0. The maximum Gasteiger partial charge on any atom is 0.276 e. The van der Waals surface area contributed by atoms with Crippen molar-refractivity contribution in [3.63, 3.8) is 0 Å². The Kier molecular flexibility index (Phi) is 7.04. The van der Waals surface area contributed by atoms with Gasteiger partial charge in [0, 0.05) is 70.3 Å². The average Bonchev–Trinajstić information content (AvgIpc) is 3.39. The first kappa shape index (κ1) is 24.1. The van der Waals surface area contributed by atoms with E-state index in [-0.39, 0.29) is 11.5 Å². The summed E-state index contributed by atoms with van der Waals surface area (Å²) >= 11 is 0. The zero-order valence-corrected chi connectivity index (χ0v) is 21.1. The van der Waals surface area contributed by atoms with E-state index in [9.17, 15) is 9.59 Å². The number of amides is 1. The number of aromatic nitrogens is 3. The molecule has 1 saturated heterocycles. The Morgan fingerprint density at radius 3 is 2.61 bits per heavy atom. The second-order valence-corrected chi connectivity index (χ2v) is 9.57. The Balaban J connectivity index is 1.08. The topological polar surface area (TPSA) is 74.9 Å². The highest BCUT2D eigenvalue weighted by Crippen LogP contribution is 2.23. The molecule has 1 amide bonds. The number of nitrogens with one attached hydrogen (secondary N) is 1. The SMILES string of the molecule is Cc1cccc(N2CCN(CCNC(=O)CCCn3c(=O)c4cccn4c4cccnc43)CC2)c1C. The third-order valence-corrected chi connectivity index (χ3v) is 7.32. The van der Waals surface area contributed by atoms with Crippen LogP contribution in [0.4, 0.5) is 5.69 Å². The van der Waals surface area contributed by atoms with Crippen molar-refractivity contribution in [2.45, 2.75) is 33.2 Å². The van der Waals surface area contributed by atoms with Gasteiger partial charge in [-0.3, -0.25) is 19.1 Å². The van der Waals surface area contributed by atoms with Crippen LogP contribution in [0.15, 0.2) is 59.7 Å². The van der Waals surface area contributed by atoms with Gasteiger partial charge in [-0.2, -0.15) is 0 Å². The van der Waals surface area contributed by atoms with Gasteiger partial charge in [-0.15, -0.1) is 0 Å². The molecule has 0 radical (unpaired) electrons. The molecular weight excluding hydrogens is 452 g/mol. The normalized spacial score (nSPS) is 14.6. The highest BCUT2D eigenvalue weighted by Gasteiger charge is 2.19. The van der Waals surface area contributed by atoms with E-state index in [4.69, 9.17) is 0 Å². The maximum absolute atomic E-state index is 13.0. The van der Waals surface area contributed by atoms with Crippen LogP contribution in [0.25, 0.3) is 16.7 Å². The molecule has 0 saturated carbocycles. The molecule has 8 nitrogen and oxygen atoms in total. The number of hydrogen-bond acceptors (Lipinski definition) is 5. The van der Waals surface area contributed by atoms with Crippen LogP contribution in [0.3, 0.4) is 0 Å². The molecule has 1 aromatic carbocycles. The zero-order valence-electron chi connectivity index (χ0n) is 21.1. The van der Waals surface area contributed by atoms with Crippen LogP contribution in [0.1, 0.15) is 24.0 Å². The van der Waals surface area contributed by atoms with Gasteiger partial charge >= 0.3 is 0 Å². The highest BCUT2D eigenvalue weighted by molar-refractivity contribution is 5.76. The summed E-state index contributed by atoms with van der Waals surface area (Å²) in [6.07, 6.45) is 4.54. The van der Waals surface area contributed by atoms with Crippen molar-refractivity contribution in [1.82, 2.24) is 24.2 Å². The fourth-order valence-corrected chi connectivity index (χ4v) is 5.12. The Bertz CT molecular complexity index is 1430. The second-order valence-electron chi connectivity index (χ2n) is 9.57. The molecule has 0 aliphatic carbocycles. The number of carbonyl (C=O) groups excluding carboxylic acids is 1. The number of piperazine rings is 1. The lowest BCUT2D eigenvalue weighted by molar-refractivity contribution is -0.121. The minimum atomic E-state index is -0.0772. The predicted octanol–water partition coefficient (Wildman–Crippen LogP) is 2.98. The summed E-state index contributed by atoms with van der Waals surface area (Å²) in [6, 6.07) is 14.0. The summed E-state index contributed by atoms with van der Waals surface area (Å²) in [7, 11) is 0. The summed E-state index contributed by atoms with van der Waals surface area (Å²) in [5.74, 6) is 0.0260. The Morgan fingerprint density at radius 2 is 1.78 bits per heavy atom.